The molecule has 0 amide bonds. The molecule has 2 N–H and O–H groups in total. The van der Waals surface area contributed by atoms with Crippen LogP contribution in [0.2, 0.25) is 0 Å². The molecule has 88 valence electrons. The molecule has 2 atom stereocenters. The van der Waals surface area contributed by atoms with Crippen LogP contribution in [0.1, 0.15) is 25.7 Å². The van der Waals surface area contributed by atoms with E-state index in [4.69, 9.17) is 10.5 Å². The number of methoxy groups -OCH3 is 1. The van der Waals surface area contributed by atoms with Gasteiger partial charge < -0.3 is 10.5 Å². The summed E-state index contributed by atoms with van der Waals surface area (Å²) in [4.78, 5) is 2.50. The first-order chi connectivity index (χ1) is 7.31. The van der Waals surface area contributed by atoms with E-state index >= 15 is 0 Å². The van der Waals surface area contributed by atoms with Crippen LogP contribution in [0.15, 0.2) is 12.7 Å². The van der Waals surface area contributed by atoms with E-state index in [0.29, 0.717) is 12.1 Å². The van der Waals surface area contributed by atoms with Gasteiger partial charge in [-0.25, -0.2) is 0 Å². The van der Waals surface area contributed by atoms with Gasteiger partial charge in [0.25, 0.3) is 0 Å². The summed E-state index contributed by atoms with van der Waals surface area (Å²) in [5, 5.41) is 0. The van der Waals surface area contributed by atoms with Crippen LogP contribution in [0, 0.1) is 0 Å². The Morgan fingerprint density at radius 2 is 2.40 bits per heavy atom. The van der Waals surface area contributed by atoms with Gasteiger partial charge >= 0.3 is 0 Å². The second kappa shape index (κ2) is 6.99. The Morgan fingerprint density at radius 1 is 1.60 bits per heavy atom. The molecule has 0 spiro atoms. The molecule has 3 heteroatoms. The van der Waals surface area contributed by atoms with Crippen LogP contribution in [0.4, 0.5) is 0 Å². The van der Waals surface area contributed by atoms with Crippen molar-refractivity contribution in [3.05, 3.63) is 12.7 Å². The van der Waals surface area contributed by atoms with Crippen LogP contribution < -0.4 is 5.73 Å². The maximum atomic E-state index is 5.80. The second-order valence-electron chi connectivity index (χ2n) is 4.24. The molecule has 1 aliphatic rings. The number of nitrogens with zero attached hydrogens (tertiary/aromatic N) is 1. The highest BCUT2D eigenvalue weighted by molar-refractivity contribution is 4.83. The number of rotatable bonds is 6. The van der Waals surface area contributed by atoms with E-state index in [1.54, 1.807) is 7.11 Å². The fourth-order valence-electron chi connectivity index (χ4n) is 2.26. The smallest absolute Gasteiger partial charge is 0.0599 e. The van der Waals surface area contributed by atoms with Crippen molar-refractivity contribution in [3.63, 3.8) is 0 Å². The molecular weight excluding hydrogens is 188 g/mol. The molecule has 1 saturated heterocycles. The van der Waals surface area contributed by atoms with Crippen molar-refractivity contribution in [2.24, 2.45) is 5.73 Å². The van der Waals surface area contributed by atoms with Gasteiger partial charge in [0.05, 0.1) is 6.10 Å². The Kier molecular flexibility index (Phi) is 5.91. The average molecular weight is 212 g/mol. The highest BCUT2D eigenvalue weighted by Gasteiger charge is 2.26. The molecule has 1 aliphatic heterocycles. The summed E-state index contributed by atoms with van der Waals surface area (Å²) in [5.74, 6) is 0. The standard InChI is InChI=1S/C12H24N2O/c1-3-4-5-7-14-8-6-12(15-2)9-11(14)10-13/h3,11-12H,1,4-10,13H2,2H3. The van der Waals surface area contributed by atoms with Gasteiger partial charge in [-0.05, 0) is 32.2 Å². The quantitative estimate of drug-likeness (QED) is 0.534. The van der Waals surface area contributed by atoms with Crippen molar-refractivity contribution in [1.29, 1.82) is 0 Å². The summed E-state index contributed by atoms with van der Waals surface area (Å²) < 4.78 is 5.40. The van der Waals surface area contributed by atoms with Crippen LogP contribution in [0.3, 0.4) is 0 Å². The minimum absolute atomic E-state index is 0.411. The predicted octanol–water partition coefficient (Wildman–Crippen LogP) is 1.39. The van der Waals surface area contributed by atoms with Gasteiger partial charge in [-0.15, -0.1) is 6.58 Å². The van der Waals surface area contributed by atoms with E-state index in [1.165, 1.54) is 6.42 Å². The van der Waals surface area contributed by atoms with Gasteiger partial charge in [0, 0.05) is 26.2 Å². The lowest BCUT2D eigenvalue weighted by Gasteiger charge is -2.38. The third kappa shape index (κ3) is 3.93. The first kappa shape index (κ1) is 12.7. The second-order valence-corrected chi connectivity index (χ2v) is 4.24. The summed E-state index contributed by atoms with van der Waals surface area (Å²) in [5.41, 5.74) is 5.80. The molecule has 2 unspecified atom stereocenters. The summed E-state index contributed by atoms with van der Waals surface area (Å²) in [6.07, 6.45) is 6.91. The molecule has 1 heterocycles. The number of piperidine rings is 1. The average Bonchev–Trinajstić information content (AvgIpc) is 2.29. The molecule has 0 radical (unpaired) electrons. The summed E-state index contributed by atoms with van der Waals surface area (Å²) in [6.45, 7) is 6.75. The fraction of sp³-hybridized carbons (Fsp3) is 0.833. The van der Waals surface area contributed by atoms with Crippen LogP contribution in [0.5, 0.6) is 0 Å². The van der Waals surface area contributed by atoms with E-state index in [-0.39, 0.29) is 0 Å². The topological polar surface area (TPSA) is 38.5 Å². The molecule has 15 heavy (non-hydrogen) atoms. The van der Waals surface area contributed by atoms with Gasteiger partial charge in [-0.3, -0.25) is 4.90 Å². The normalized spacial score (nSPS) is 27.9. The highest BCUT2D eigenvalue weighted by Crippen LogP contribution is 2.19. The third-order valence-corrected chi connectivity index (χ3v) is 3.25. The summed E-state index contributed by atoms with van der Waals surface area (Å²) in [6, 6.07) is 0.508. The van der Waals surface area contributed by atoms with E-state index in [9.17, 15) is 0 Å². The number of hydrogen-bond acceptors (Lipinski definition) is 3. The highest BCUT2D eigenvalue weighted by atomic mass is 16.5. The van der Waals surface area contributed by atoms with Crippen LogP contribution in [0.25, 0.3) is 0 Å². The Hall–Kier alpha value is -0.380. The monoisotopic (exact) mass is 212 g/mol. The number of allylic oxidation sites excluding steroid dienone is 1. The zero-order valence-electron chi connectivity index (χ0n) is 9.82. The zero-order valence-corrected chi connectivity index (χ0v) is 9.82. The van der Waals surface area contributed by atoms with Crippen molar-refractivity contribution < 1.29 is 4.74 Å². The minimum Gasteiger partial charge on any atom is -0.381 e. The van der Waals surface area contributed by atoms with Crippen molar-refractivity contribution in [2.45, 2.75) is 37.8 Å². The molecule has 0 aliphatic carbocycles. The van der Waals surface area contributed by atoms with Crippen LogP contribution in [-0.2, 0) is 4.74 Å². The first-order valence-electron chi connectivity index (χ1n) is 5.89. The number of likely N-dealkylation sites (tertiary alicyclic amines) is 1. The van der Waals surface area contributed by atoms with Crippen molar-refractivity contribution in [2.75, 3.05) is 26.7 Å². The Balaban J connectivity index is 2.33. The van der Waals surface area contributed by atoms with Crippen molar-refractivity contribution in [3.8, 4) is 0 Å². The lowest BCUT2D eigenvalue weighted by Crippen LogP contribution is -2.48. The lowest BCUT2D eigenvalue weighted by molar-refractivity contribution is 0.0131. The third-order valence-electron chi connectivity index (χ3n) is 3.25. The van der Waals surface area contributed by atoms with E-state index in [1.807, 2.05) is 6.08 Å². The SMILES string of the molecule is C=CCCCN1CCC(OC)CC1CN. The number of nitrogens with two attached hydrogens (primary N) is 1. The molecule has 0 aromatic heterocycles. The van der Waals surface area contributed by atoms with Gasteiger partial charge in [0.2, 0.25) is 0 Å². The van der Waals surface area contributed by atoms with Crippen molar-refractivity contribution in [1.82, 2.24) is 4.90 Å². The molecule has 0 bridgehead atoms. The number of unbranched alkanes of at least 4 members (excludes halogenated alkanes) is 1. The minimum atomic E-state index is 0.411. The van der Waals surface area contributed by atoms with E-state index < -0.39 is 0 Å². The van der Waals surface area contributed by atoms with E-state index in [2.05, 4.69) is 11.5 Å². The van der Waals surface area contributed by atoms with Crippen LogP contribution >= 0.6 is 0 Å². The van der Waals surface area contributed by atoms with Gasteiger partial charge in [0.1, 0.15) is 0 Å². The molecule has 3 nitrogen and oxygen atoms in total. The molecule has 1 fully saturated rings. The number of hydrogen-bond donors (Lipinski definition) is 1. The lowest BCUT2D eigenvalue weighted by atomic mass is 9.99. The Bertz CT molecular complexity index is 184. The Labute approximate surface area is 93.3 Å². The van der Waals surface area contributed by atoms with E-state index in [0.717, 1.165) is 38.9 Å². The first-order valence-corrected chi connectivity index (χ1v) is 5.89. The molecule has 1 rings (SSSR count). The maximum Gasteiger partial charge on any atom is 0.0599 e. The Morgan fingerprint density at radius 3 is 3.00 bits per heavy atom. The van der Waals surface area contributed by atoms with Gasteiger partial charge in [0.15, 0.2) is 0 Å². The maximum absolute atomic E-state index is 5.80. The molecule has 0 saturated carbocycles. The van der Waals surface area contributed by atoms with Gasteiger partial charge in [-0.2, -0.15) is 0 Å². The van der Waals surface area contributed by atoms with Crippen molar-refractivity contribution >= 4 is 0 Å². The summed E-state index contributed by atoms with van der Waals surface area (Å²) in [7, 11) is 1.80. The molecular formula is C12H24N2O. The molecule has 0 aromatic carbocycles. The largest absolute Gasteiger partial charge is 0.381 e. The molecule has 0 aromatic rings. The summed E-state index contributed by atoms with van der Waals surface area (Å²) >= 11 is 0. The predicted molar refractivity (Wildman–Crippen MR) is 63.9 cm³/mol. The van der Waals surface area contributed by atoms with Crippen LogP contribution in [-0.4, -0.2) is 43.8 Å². The fourth-order valence-corrected chi connectivity index (χ4v) is 2.26. The zero-order chi connectivity index (χ0) is 11.1. The van der Waals surface area contributed by atoms with Gasteiger partial charge in [-0.1, -0.05) is 6.08 Å². The number of ether oxygens (including phenoxy) is 1.